The van der Waals surface area contributed by atoms with Gasteiger partial charge in [-0.2, -0.15) is 0 Å². The van der Waals surface area contributed by atoms with Crippen LogP contribution >= 0.6 is 11.8 Å². The Balaban J connectivity index is 1.98. The number of aryl methyl sites for hydroxylation is 1. The van der Waals surface area contributed by atoms with Gasteiger partial charge in [0.2, 0.25) is 0 Å². The van der Waals surface area contributed by atoms with E-state index in [1.807, 2.05) is 0 Å². The highest BCUT2D eigenvalue weighted by atomic mass is 32.2. The molecule has 0 radical (unpaired) electrons. The molecule has 6 nitrogen and oxygen atoms in total. The predicted octanol–water partition coefficient (Wildman–Crippen LogP) is 3.29. The molecule has 3 rings (SSSR count). The normalized spacial score (nSPS) is 22.0. The molecule has 0 bridgehead atoms. The van der Waals surface area contributed by atoms with Crippen LogP contribution in [0.2, 0.25) is 0 Å². The Kier molecular flexibility index (Phi) is 4.47. The second kappa shape index (κ2) is 6.35. The van der Waals surface area contributed by atoms with Crippen molar-refractivity contribution in [3.8, 4) is 0 Å². The number of amidine groups is 1. The molecule has 1 amide bonds. The number of anilines is 1. The van der Waals surface area contributed by atoms with Crippen LogP contribution in [-0.4, -0.2) is 27.7 Å². The lowest BCUT2D eigenvalue weighted by Gasteiger charge is -2.37. The molecule has 1 aliphatic heterocycles. The third-order valence-electron chi connectivity index (χ3n) is 4.05. The first-order chi connectivity index (χ1) is 12.1. The van der Waals surface area contributed by atoms with Crippen LogP contribution in [0.5, 0.6) is 0 Å². The van der Waals surface area contributed by atoms with Crippen molar-refractivity contribution in [1.29, 1.82) is 0 Å². The SMILES string of the molecule is Cc1nc(C(=O)Nc2ccc(F)c([C@@]3(C)N=C(N)SCC3(F)F)c2)co1. The number of nitrogens with one attached hydrogen (secondary N) is 1. The Morgan fingerprint density at radius 2 is 2.15 bits per heavy atom. The van der Waals surface area contributed by atoms with E-state index in [1.54, 1.807) is 6.92 Å². The molecule has 0 unspecified atom stereocenters. The number of aromatic nitrogens is 1. The maximum atomic E-state index is 14.5. The van der Waals surface area contributed by atoms with Crippen molar-refractivity contribution in [2.24, 2.45) is 10.7 Å². The van der Waals surface area contributed by atoms with E-state index in [0.29, 0.717) is 17.7 Å². The summed E-state index contributed by atoms with van der Waals surface area (Å²) < 4.78 is 48.3. The summed E-state index contributed by atoms with van der Waals surface area (Å²) in [6, 6.07) is 3.38. The monoisotopic (exact) mass is 384 g/mol. The van der Waals surface area contributed by atoms with Crippen LogP contribution in [0.25, 0.3) is 0 Å². The molecular weight excluding hydrogens is 369 g/mol. The molecule has 1 atom stereocenters. The minimum absolute atomic E-state index is 0.0150. The number of aliphatic imine (C=N–C) groups is 1. The molecule has 3 N–H and O–H groups in total. The van der Waals surface area contributed by atoms with E-state index in [4.69, 9.17) is 10.2 Å². The van der Waals surface area contributed by atoms with E-state index < -0.39 is 28.9 Å². The quantitative estimate of drug-likeness (QED) is 0.847. The maximum absolute atomic E-state index is 14.5. The van der Waals surface area contributed by atoms with Gasteiger partial charge in [-0.15, -0.1) is 0 Å². The minimum Gasteiger partial charge on any atom is -0.448 e. The molecule has 10 heteroatoms. The zero-order valence-corrected chi connectivity index (χ0v) is 14.7. The minimum atomic E-state index is -3.33. The van der Waals surface area contributed by atoms with Gasteiger partial charge in [-0.1, -0.05) is 11.8 Å². The highest BCUT2D eigenvalue weighted by molar-refractivity contribution is 8.13. The van der Waals surface area contributed by atoms with Crippen molar-refractivity contribution in [1.82, 2.24) is 4.98 Å². The molecule has 1 aliphatic rings. The van der Waals surface area contributed by atoms with Gasteiger partial charge in [-0.25, -0.2) is 23.1 Å². The number of nitrogens with zero attached hydrogens (tertiary/aromatic N) is 2. The van der Waals surface area contributed by atoms with Gasteiger partial charge in [0.05, 0.1) is 5.75 Å². The second-order valence-corrected chi connectivity index (χ2v) is 6.91. The average Bonchev–Trinajstić information content (AvgIpc) is 3.00. The largest absolute Gasteiger partial charge is 0.448 e. The molecule has 0 aliphatic carbocycles. The summed E-state index contributed by atoms with van der Waals surface area (Å²) in [6.07, 6.45) is 1.16. The van der Waals surface area contributed by atoms with E-state index >= 15 is 0 Å². The van der Waals surface area contributed by atoms with Crippen LogP contribution in [0.15, 0.2) is 33.9 Å². The fourth-order valence-corrected chi connectivity index (χ4v) is 3.39. The zero-order chi connectivity index (χ0) is 19.1. The summed E-state index contributed by atoms with van der Waals surface area (Å²) in [7, 11) is 0. The number of carbonyl (C=O) groups is 1. The number of amides is 1. The molecule has 138 valence electrons. The van der Waals surface area contributed by atoms with Crippen molar-refractivity contribution < 1.29 is 22.4 Å². The van der Waals surface area contributed by atoms with Gasteiger partial charge in [0, 0.05) is 18.2 Å². The third-order valence-corrected chi connectivity index (χ3v) is 4.94. The Morgan fingerprint density at radius 3 is 2.81 bits per heavy atom. The standard InChI is InChI=1S/C16H15F3N4O2S/c1-8-21-12(6-25-8)13(24)22-9-3-4-11(17)10(5-9)15(2)16(18,19)7-26-14(20)23-15/h3-6H,7H2,1-2H3,(H2,20,23)(H,22,24)/t15-/m1/s1. The van der Waals surface area contributed by atoms with Gasteiger partial charge >= 0.3 is 0 Å². The smallest absolute Gasteiger partial charge is 0.286 e. The summed E-state index contributed by atoms with van der Waals surface area (Å²) in [5, 5.41) is 2.43. The lowest BCUT2D eigenvalue weighted by molar-refractivity contribution is -0.0484. The Bertz CT molecular complexity index is 899. The molecule has 0 spiro atoms. The fraction of sp³-hybridized carbons (Fsp3) is 0.312. The van der Waals surface area contributed by atoms with Crippen molar-refractivity contribution in [3.05, 3.63) is 47.4 Å². The third kappa shape index (κ3) is 3.16. The zero-order valence-electron chi connectivity index (χ0n) is 13.8. The molecular formula is C16H15F3N4O2S. The van der Waals surface area contributed by atoms with Crippen molar-refractivity contribution >= 4 is 28.5 Å². The van der Waals surface area contributed by atoms with Crippen molar-refractivity contribution in [3.63, 3.8) is 0 Å². The molecule has 1 aromatic carbocycles. The highest BCUT2D eigenvalue weighted by Crippen LogP contribution is 2.47. The molecule has 2 aromatic rings. The first-order valence-electron chi connectivity index (χ1n) is 7.52. The van der Waals surface area contributed by atoms with E-state index in [-0.39, 0.29) is 22.1 Å². The van der Waals surface area contributed by atoms with Crippen LogP contribution < -0.4 is 11.1 Å². The summed E-state index contributed by atoms with van der Waals surface area (Å²) in [6.45, 7) is 2.68. The molecule has 0 fully saturated rings. The lowest BCUT2D eigenvalue weighted by Crippen LogP contribution is -2.48. The number of thioether (sulfide) groups is 1. The number of carbonyl (C=O) groups excluding carboxylic acids is 1. The number of halogens is 3. The average molecular weight is 384 g/mol. The highest BCUT2D eigenvalue weighted by Gasteiger charge is 2.55. The summed E-state index contributed by atoms with van der Waals surface area (Å²) >= 11 is 0.709. The van der Waals surface area contributed by atoms with Gasteiger partial charge in [0.25, 0.3) is 11.8 Å². The topological polar surface area (TPSA) is 93.5 Å². The number of oxazole rings is 1. The van der Waals surface area contributed by atoms with E-state index in [9.17, 15) is 18.0 Å². The van der Waals surface area contributed by atoms with Crippen LogP contribution in [0.3, 0.4) is 0 Å². The number of alkyl halides is 2. The Morgan fingerprint density at radius 1 is 1.42 bits per heavy atom. The Labute approximate surface area is 151 Å². The Hall–Kier alpha value is -2.49. The van der Waals surface area contributed by atoms with Gasteiger partial charge < -0.3 is 15.5 Å². The number of nitrogens with two attached hydrogens (primary N) is 1. The lowest BCUT2D eigenvalue weighted by atomic mass is 9.86. The summed E-state index contributed by atoms with van der Waals surface area (Å²) in [4.78, 5) is 19.8. The van der Waals surface area contributed by atoms with Crippen molar-refractivity contribution in [2.45, 2.75) is 25.3 Å². The van der Waals surface area contributed by atoms with Gasteiger partial charge in [0.15, 0.2) is 22.3 Å². The number of hydrogen-bond acceptors (Lipinski definition) is 6. The molecule has 26 heavy (non-hydrogen) atoms. The maximum Gasteiger partial charge on any atom is 0.286 e. The number of rotatable bonds is 3. The summed E-state index contributed by atoms with van der Waals surface area (Å²) in [5.41, 5.74) is 3.18. The van der Waals surface area contributed by atoms with Gasteiger partial charge in [-0.05, 0) is 25.1 Å². The molecule has 1 aromatic heterocycles. The summed E-state index contributed by atoms with van der Waals surface area (Å²) in [5.74, 6) is -5.13. The number of benzene rings is 1. The molecule has 0 saturated heterocycles. The first-order valence-corrected chi connectivity index (χ1v) is 8.50. The van der Waals surface area contributed by atoms with Gasteiger partial charge in [0.1, 0.15) is 12.1 Å². The first kappa shape index (κ1) is 18.3. The van der Waals surface area contributed by atoms with Crippen molar-refractivity contribution in [2.75, 3.05) is 11.1 Å². The molecule has 2 heterocycles. The van der Waals surface area contributed by atoms with Crippen LogP contribution in [0, 0.1) is 12.7 Å². The van der Waals surface area contributed by atoms with Gasteiger partial charge in [-0.3, -0.25) is 4.79 Å². The van der Waals surface area contributed by atoms with Crippen LogP contribution in [0.1, 0.15) is 28.9 Å². The second-order valence-electron chi connectivity index (χ2n) is 5.92. The van der Waals surface area contributed by atoms with Crippen LogP contribution in [0.4, 0.5) is 18.9 Å². The van der Waals surface area contributed by atoms with E-state index in [1.165, 1.54) is 6.07 Å². The van der Waals surface area contributed by atoms with E-state index in [2.05, 4.69) is 15.3 Å². The van der Waals surface area contributed by atoms with Crippen LogP contribution in [-0.2, 0) is 5.54 Å². The molecule has 0 saturated carbocycles. The predicted molar refractivity (Wildman–Crippen MR) is 92.0 cm³/mol. The number of hydrogen-bond donors (Lipinski definition) is 2. The fourth-order valence-electron chi connectivity index (χ4n) is 2.54. The van der Waals surface area contributed by atoms with E-state index in [0.717, 1.165) is 25.3 Å².